The summed E-state index contributed by atoms with van der Waals surface area (Å²) in [4.78, 5) is 17.2. The van der Waals surface area contributed by atoms with Gasteiger partial charge in [-0.3, -0.25) is 0 Å². The molecule has 2 aliphatic heterocycles. The van der Waals surface area contributed by atoms with Crippen LogP contribution in [0.5, 0.6) is 5.75 Å². The zero-order chi connectivity index (χ0) is 16.0. The summed E-state index contributed by atoms with van der Waals surface area (Å²) in [6.45, 7) is 1.86. The average molecular weight is 311 g/mol. The van der Waals surface area contributed by atoms with Crippen molar-refractivity contribution < 1.29 is 18.7 Å². The highest BCUT2D eigenvalue weighted by molar-refractivity contribution is 6.08. The molecule has 0 aromatic heterocycles. The number of carbonyl (C=O) groups is 1. The van der Waals surface area contributed by atoms with Gasteiger partial charge in [0.25, 0.3) is 0 Å². The molecule has 0 amide bonds. The van der Waals surface area contributed by atoms with Gasteiger partial charge in [-0.15, -0.1) is 0 Å². The van der Waals surface area contributed by atoms with E-state index >= 15 is 0 Å². The molecule has 116 valence electrons. The summed E-state index contributed by atoms with van der Waals surface area (Å²) in [5.41, 5.74) is -0.0957. The summed E-state index contributed by atoms with van der Waals surface area (Å²) in [6, 6.07) is 13.4. The van der Waals surface area contributed by atoms with Crippen molar-refractivity contribution in [2.75, 3.05) is 0 Å². The molecular weight excluding hydrogens is 297 g/mol. The second kappa shape index (κ2) is 4.91. The average Bonchev–Trinajstić information content (AvgIpc) is 2.86. The molecule has 0 aliphatic carbocycles. The van der Waals surface area contributed by atoms with E-state index in [0.29, 0.717) is 17.7 Å². The number of aliphatic imine (C=N–C) groups is 1. The number of halogens is 1. The van der Waals surface area contributed by atoms with Crippen LogP contribution in [0.15, 0.2) is 53.5 Å². The molecule has 5 heteroatoms. The van der Waals surface area contributed by atoms with Gasteiger partial charge in [0.1, 0.15) is 11.6 Å². The second-order valence-electron chi connectivity index (χ2n) is 5.81. The lowest BCUT2D eigenvalue weighted by Gasteiger charge is -2.33. The van der Waals surface area contributed by atoms with Gasteiger partial charge in [-0.1, -0.05) is 18.2 Å². The first-order chi connectivity index (χ1) is 11.1. The van der Waals surface area contributed by atoms with Crippen molar-refractivity contribution in [3.8, 4) is 5.75 Å². The molecule has 23 heavy (non-hydrogen) atoms. The van der Waals surface area contributed by atoms with Crippen LogP contribution >= 0.6 is 0 Å². The van der Waals surface area contributed by atoms with Crippen molar-refractivity contribution in [1.82, 2.24) is 0 Å². The summed E-state index contributed by atoms with van der Waals surface area (Å²) in [6.07, 6.45) is 0.0953. The molecule has 0 saturated heterocycles. The predicted molar refractivity (Wildman–Crippen MR) is 81.9 cm³/mol. The number of carbonyl (C=O) groups excluding carboxylic acids is 1. The minimum atomic E-state index is -1.24. The van der Waals surface area contributed by atoms with Gasteiger partial charge in [0.15, 0.2) is 5.54 Å². The van der Waals surface area contributed by atoms with E-state index in [1.165, 1.54) is 18.2 Å². The van der Waals surface area contributed by atoms with Gasteiger partial charge < -0.3 is 9.47 Å². The Morgan fingerprint density at radius 1 is 1.22 bits per heavy atom. The van der Waals surface area contributed by atoms with Crippen LogP contribution in [0.1, 0.15) is 24.5 Å². The largest absolute Gasteiger partial charge is 0.490 e. The van der Waals surface area contributed by atoms with Crippen LogP contribution in [-0.2, 0) is 15.1 Å². The maximum absolute atomic E-state index is 13.7. The summed E-state index contributed by atoms with van der Waals surface area (Å²) in [5.74, 6) is -0.184. The first kappa shape index (κ1) is 13.9. The van der Waals surface area contributed by atoms with Crippen molar-refractivity contribution in [3.63, 3.8) is 0 Å². The van der Waals surface area contributed by atoms with Gasteiger partial charge in [-0.25, -0.2) is 14.2 Å². The zero-order valence-corrected chi connectivity index (χ0v) is 12.5. The highest BCUT2D eigenvalue weighted by Crippen LogP contribution is 2.46. The lowest BCUT2D eigenvalue weighted by Crippen LogP contribution is -2.40. The highest BCUT2D eigenvalue weighted by Gasteiger charge is 2.53. The van der Waals surface area contributed by atoms with Gasteiger partial charge in [0, 0.05) is 17.5 Å². The number of benzene rings is 2. The van der Waals surface area contributed by atoms with Crippen LogP contribution in [0.3, 0.4) is 0 Å². The van der Waals surface area contributed by atoms with Crippen LogP contribution in [0.4, 0.5) is 4.39 Å². The Labute approximate surface area is 132 Å². The van der Waals surface area contributed by atoms with Gasteiger partial charge in [0.2, 0.25) is 5.90 Å². The fourth-order valence-electron chi connectivity index (χ4n) is 3.13. The molecule has 0 bridgehead atoms. The lowest BCUT2D eigenvalue weighted by molar-refractivity contribution is -0.141. The summed E-state index contributed by atoms with van der Waals surface area (Å²) >= 11 is 0. The summed E-state index contributed by atoms with van der Waals surface area (Å²) in [5, 5.41) is 0. The molecule has 2 aromatic rings. The Kier molecular flexibility index (Phi) is 2.98. The Morgan fingerprint density at radius 2 is 2.00 bits per heavy atom. The van der Waals surface area contributed by atoms with Gasteiger partial charge in [-0.2, -0.15) is 0 Å². The van der Waals surface area contributed by atoms with E-state index in [4.69, 9.17) is 9.47 Å². The molecule has 2 atom stereocenters. The maximum Gasteiger partial charge on any atom is 0.345 e. The van der Waals surface area contributed by atoms with E-state index in [1.807, 2.05) is 37.3 Å². The zero-order valence-electron chi connectivity index (χ0n) is 12.5. The number of hydrogen-bond acceptors (Lipinski definition) is 4. The second-order valence-corrected chi connectivity index (χ2v) is 5.81. The fourth-order valence-corrected chi connectivity index (χ4v) is 3.13. The van der Waals surface area contributed by atoms with E-state index in [9.17, 15) is 9.18 Å². The third-order valence-electron chi connectivity index (χ3n) is 4.14. The van der Waals surface area contributed by atoms with Crippen molar-refractivity contribution in [2.24, 2.45) is 4.99 Å². The number of fused-ring (bicyclic) bond motifs is 2. The third kappa shape index (κ3) is 2.11. The molecule has 0 fully saturated rings. The van der Waals surface area contributed by atoms with Crippen molar-refractivity contribution in [3.05, 3.63) is 65.5 Å². The van der Waals surface area contributed by atoms with Crippen LogP contribution in [0.2, 0.25) is 0 Å². The number of esters is 1. The molecule has 0 saturated carbocycles. The van der Waals surface area contributed by atoms with E-state index in [-0.39, 0.29) is 12.0 Å². The minimum Gasteiger partial charge on any atom is -0.490 e. The SMILES string of the molecule is C[C@@H]1CC2(N=C(c3ccccc3)OC2=O)c2cc(F)ccc2O1. The van der Waals surface area contributed by atoms with Crippen molar-refractivity contribution >= 4 is 11.9 Å². The van der Waals surface area contributed by atoms with E-state index in [1.54, 1.807) is 0 Å². The van der Waals surface area contributed by atoms with Crippen molar-refractivity contribution in [2.45, 2.75) is 25.0 Å². The van der Waals surface area contributed by atoms with E-state index in [0.717, 1.165) is 5.56 Å². The quantitative estimate of drug-likeness (QED) is 0.760. The Hall–Kier alpha value is -2.69. The van der Waals surface area contributed by atoms with Crippen LogP contribution in [0, 0.1) is 5.82 Å². The van der Waals surface area contributed by atoms with Crippen LogP contribution in [0.25, 0.3) is 0 Å². The standard InChI is InChI=1S/C18H14FNO3/c1-11-10-18(14-9-13(19)7-8-15(14)22-11)17(21)23-16(20-18)12-5-3-2-4-6-12/h2-9,11H,10H2,1H3/t11-,18?/m1/s1. The van der Waals surface area contributed by atoms with Crippen LogP contribution < -0.4 is 4.74 Å². The number of nitrogens with zero attached hydrogens (tertiary/aromatic N) is 1. The lowest BCUT2D eigenvalue weighted by atomic mass is 9.83. The smallest absolute Gasteiger partial charge is 0.345 e. The first-order valence-electron chi connectivity index (χ1n) is 7.43. The van der Waals surface area contributed by atoms with Gasteiger partial charge >= 0.3 is 5.97 Å². The number of hydrogen-bond donors (Lipinski definition) is 0. The fraction of sp³-hybridized carbons (Fsp3) is 0.222. The Bertz CT molecular complexity index is 818. The molecule has 2 heterocycles. The molecule has 1 spiro atoms. The predicted octanol–water partition coefficient (Wildman–Crippen LogP) is 3.20. The Balaban J connectivity index is 1.89. The molecule has 4 nitrogen and oxygen atoms in total. The molecule has 0 radical (unpaired) electrons. The monoisotopic (exact) mass is 311 g/mol. The Morgan fingerprint density at radius 3 is 2.78 bits per heavy atom. The highest BCUT2D eigenvalue weighted by atomic mass is 19.1. The van der Waals surface area contributed by atoms with Gasteiger partial charge in [-0.05, 0) is 37.3 Å². The molecule has 2 aromatic carbocycles. The molecule has 1 unspecified atom stereocenters. The van der Waals surface area contributed by atoms with Crippen LogP contribution in [-0.4, -0.2) is 18.0 Å². The van der Waals surface area contributed by atoms with E-state index < -0.39 is 17.3 Å². The van der Waals surface area contributed by atoms with Crippen molar-refractivity contribution in [1.29, 1.82) is 0 Å². The molecule has 2 aliphatic rings. The minimum absolute atomic E-state index is 0.223. The normalized spacial score (nSPS) is 25.6. The third-order valence-corrected chi connectivity index (χ3v) is 4.14. The number of ether oxygens (including phenoxy) is 2. The molecule has 0 N–H and O–H groups in total. The number of rotatable bonds is 1. The first-order valence-corrected chi connectivity index (χ1v) is 7.43. The maximum atomic E-state index is 13.7. The summed E-state index contributed by atoms with van der Waals surface area (Å²) in [7, 11) is 0. The number of cyclic esters (lactones) is 1. The van der Waals surface area contributed by atoms with E-state index in [2.05, 4.69) is 4.99 Å². The summed E-state index contributed by atoms with van der Waals surface area (Å²) < 4.78 is 24.9. The molecule has 4 rings (SSSR count). The van der Waals surface area contributed by atoms with Gasteiger partial charge in [0.05, 0.1) is 6.10 Å². The molecular formula is C18H14FNO3. The topological polar surface area (TPSA) is 47.9 Å².